The second-order valence-electron chi connectivity index (χ2n) is 6.22. The van der Waals surface area contributed by atoms with Crippen molar-refractivity contribution in [3.63, 3.8) is 0 Å². The summed E-state index contributed by atoms with van der Waals surface area (Å²) in [6, 6.07) is 3.50. The van der Waals surface area contributed by atoms with Crippen LogP contribution in [-0.2, 0) is 9.59 Å². The molecule has 0 radical (unpaired) electrons. The summed E-state index contributed by atoms with van der Waals surface area (Å²) in [5.41, 5.74) is -0.344. The number of likely N-dealkylation sites (tertiary alicyclic amines) is 1. The quantitative estimate of drug-likeness (QED) is 0.840. The lowest BCUT2D eigenvalue weighted by Gasteiger charge is -2.24. The van der Waals surface area contributed by atoms with Crippen molar-refractivity contribution >= 4 is 17.5 Å². The van der Waals surface area contributed by atoms with Gasteiger partial charge in [-0.25, -0.2) is 8.78 Å². The number of hydrogen-bond donors (Lipinski definition) is 0. The molecule has 1 aromatic rings. The van der Waals surface area contributed by atoms with Crippen LogP contribution in [-0.4, -0.2) is 36.3 Å². The van der Waals surface area contributed by atoms with Gasteiger partial charge in [-0.1, -0.05) is 18.9 Å². The lowest BCUT2D eigenvalue weighted by molar-refractivity contribution is -0.135. The molecular formula is C17H20F2N2O2. The molecule has 1 aromatic carbocycles. The van der Waals surface area contributed by atoms with Crippen LogP contribution >= 0.6 is 0 Å². The summed E-state index contributed by atoms with van der Waals surface area (Å²) >= 11 is 0. The van der Waals surface area contributed by atoms with Crippen molar-refractivity contribution < 1.29 is 18.4 Å². The van der Waals surface area contributed by atoms with Gasteiger partial charge >= 0.3 is 0 Å². The fourth-order valence-corrected chi connectivity index (χ4v) is 3.39. The van der Waals surface area contributed by atoms with Gasteiger partial charge in [-0.15, -0.1) is 0 Å². The Kier molecular flexibility index (Phi) is 4.59. The largest absolute Gasteiger partial charge is 0.342 e. The Morgan fingerprint density at radius 1 is 1.04 bits per heavy atom. The van der Waals surface area contributed by atoms with Crippen LogP contribution in [0.3, 0.4) is 0 Å². The monoisotopic (exact) mass is 322 g/mol. The molecule has 1 atom stereocenters. The molecule has 2 fully saturated rings. The summed E-state index contributed by atoms with van der Waals surface area (Å²) in [4.78, 5) is 27.6. The van der Waals surface area contributed by atoms with E-state index in [1.54, 1.807) is 4.90 Å². The molecule has 2 aliphatic rings. The van der Waals surface area contributed by atoms with Crippen LogP contribution in [0.15, 0.2) is 18.2 Å². The average molecular weight is 322 g/mol. The Labute approximate surface area is 134 Å². The molecule has 0 bridgehead atoms. The van der Waals surface area contributed by atoms with Gasteiger partial charge < -0.3 is 9.80 Å². The number of hydrogen-bond acceptors (Lipinski definition) is 2. The van der Waals surface area contributed by atoms with E-state index in [2.05, 4.69) is 0 Å². The number of carbonyl (C=O) groups excluding carboxylic acids is 2. The molecule has 0 saturated carbocycles. The van der Waals surface area contributed by atoms with E-state index in [4.69, 9.17) is 0 Å². The highest BCUT2D eigenvalue weighted by Crippen LogP contribution is 2.31. The normalized spacial score (nSPS) is 22.3. The molecular weight excluding hydrogens is 302 g/mol. The Bertz CT molecular complexity index is 592. The van der Waals surface area contributed by atoms with Gasteiger partial charge in [0, 0.05) is 26.1 Å². The molecule has 1 unspecified atom stereocenters. The summed E-state index contributed by atoms with van der Waals surface area (Å²) in [6.07, 6.45) is 4.18. The van der Waals surface area contributed by atoms with Crippen LogP contribution < -0.4 is 4.90 Å². The zero-order chi connectivity index (χ0) is 16.4. The highest BCUT2D eigenvalue weighted by molar-refractivity contribution is 6.00. The third-order valence-corrected chi connectivity index (χ3v) is 4.60. The SMILES string of the molecule is O=C(C1CC(=O)N(c2c(F)cccc2F)C1)N1CCCCCC1. The number of anilines is 1. The molecule has 2 aliphatic heterocycles. The lowest BCUT2D eigenvalue weighted by Crippen LogP contribution is -2.38. The van der Waals surface area contributed by atoms with Gasteiger partial charge in [0.2, 0.25) is 11.8 Å². The predicted molar refractivity (Wildman–Crippen MR) is 81.9 cm³/mol. The second kappa shape index (κ2) is 6.64. The van der Waals surface area contributed by atoms with Gasteiger partial charge in [0.15, 0.2) is 0 Å². The Morgan fingerprint density at radius 2 is 1.65 bits per heavy atom. The fraction of sp³-hybridized carbons (Fsp3) is 0.529. The Morgan fingerprint density at radius 3 is 2.26 bits per heavy atom. The number of rotatable bonds is 2. The van der Waals surface area contributed by atoms with E-state index in [0.717, 1.165) is 42.7 Å². The summed E-state index contributed by atoms with van der Waals surface area (Å²) in [7, 11) is 0. The number of halogens is 2. The standard InChI is InChI=1S/C17H20F2N2O2/c18-13-6-5-7-14(19)16(13)21-11-12(10-15(21)22)17(23)20-8-3-1-2-4-9-20/h5-7,12H,1-4,8-11H2. The van der Waals surface area contributed by atoms with Crippen molar-refractivity contribution in [2.45, 2.75) is 32.1 Å². The topological polar surface area (TPSA) is 40.6 Å². The molecule has 3 rings (SSSR count). The molecule has 0 N–H and O–H groups in total. The lowest BCUT2D eigenvalue weighted by atomic mass is 10.1. The average Bonchev–Trinajstić information content (AvgIpc) is 2.75. The van der Waals surface area contributed by atoms with E-state index < -0.39 is 23.5 Å². The highest BCUT2D eigenvalue weighted by Gasteiger charge is 2.39. The minimum Gasteiger partial charge on any atom is -0.342 e. The van der Waals surface area contributed by atoms with Gasteiger partial charge in [0.25, 0.3) is 0 Å². The van der Waals surface area contributed by atoms with E-state index in [1.807, 2.05) is 0 Å². The minimum atomic E-state index is -0.777. The van der Waals surface area contributed by atoms with Gasteiger partial charge in [-0.3, -0.25) is 9.59 Å². The molecule has 6 heteroatoms. The van der Waals surface area contributed by atoms with Crippen LogP contribution in [0.5, 0.6) is 0 Å². The van der Waals surface area contributed by atoms with Crippen molar-refractivity contribution in [1.29, 1.82) is 0 Å². The summed E-state index contributed by atoms with van der Waals surface area (Å²) < 4.78 is 27.8. The van der Waals surface area contributed by atoms with E-state index in [9.17, 15) is 18.4 Å². The molecule has 23 heavy (non-hydrogen) atoms. The third kappa shape index (κ3) is 3.21. The minimum absolute atomic E-state index is 0.0170. The Balaban J connectivity index is 1.75. The van der Waals surface area contributed by atoms with Crippen LogP contribution in [0.2, 0.25) is 0 Å². The molecule has 0 spiro atoms. The molecule has 2 heterocycles. The van der Waals surface area contributed by atoms with Crippen LogP contribution in [0.4, 0.5) is 14.5 Å². The third-order valence-electron chi connectivity index (χ3n) is 4.60. The number of benzene rings is 1. The molecule has 124 valence electrons. The summed E-state index contributed by atoms with van der Waals surface area (Å²) in [5.74, 6) is -2.54. The maximum Gasteiger partial charge on any atom is 0.228 e. The predicted octanol–water partition coefficient (Wildman–Crippen LogP) is 2.72. The van der Waals surface area contributed by atoms with E-state index in [0.29, 0.717) is 13.1 Å². The van der Waals surface area contributed by atoms with Gasteiger partial charge in [-0.05, 0) is 25.0 Å². The molecule has 2 amide bonds. The summed E-state index contributed by atoms with van der Waals surface area (Å²) in [5, 5.41) is 0. The van der Waals surface area contributed by atoms with Gasteiger partial charge in [0.1, 0.15) is 17.3 Å². The van der Waals surface area contributed by atoms with E-state index >= 15 is 0 Å². The van der Waals surface area contributed by atoms with Crippen LogP contribution in [0, 0.1) is 17.6 Å². The Hall–Kier alpha value is -1.98. The maximum atomic E-state index is 13.9. The maximum absolute atomic E-state index is 13.9. The van der Waals surface area contributed by atoms with Crippen molar-refractivity contribution in [2.75, 3.05) is 24.5 Å². The number of para-hydroxylation sites is 1. The zero-order valence-corrected chi connectivity index (χ0v) is 12.9. The molecule has 4 nitrogen and oxygen atoms in total. The van der Waals surface area contributed by atoms with Crippen molar-refractivity contribution in [3.8, 4) is 0 Å². The van der Waals surface area contributed by atoms with Crippen molar-refractivity contribution in [1.82, 2.24) is 4.90 Å². The highest BCUT2D eigenvalue weighted by atomic mass is 19.1. The van der Waals surface area contributed by atoms with Crippen LogP contribution in [0.25, 0.3) is 0 Å². The fourth-order valence-electron chi connectivity index (χ4n) is 3.39. The molecule has 0 aromatic heterocycles. The molecule has 2 saturated heterocycles. The van der Waals surface area contributed by atoms with Gasteiger partial charge in [-0.2, -0.15) is 0 Å². The van der Waals surface area contributed by atoms with Crippen molar-refractivity contribution in [3.05, 3.63) is 29.8 Å². The van der Waals surface area contributed by atoms with Gasteiger partial charge in [0.05, 0.1) is 5.92 Å². The number of amides is 2. The van der Waals surface area contributed by atoms with Crippen LogP contribution in [0.1, 0.15) is 32.1 Å². The van der Waals surface area contributed by atoms with E-state index in [1.165, 1.54) is 6.07 Å². The molecule has 0 aliphatic carbocycles. The second-order valence-corrected chi connectivity index (χ2v) is 6.22. The first-order chi connectivity index (χ1) is 11.1. The smallest absolute Gasteiger partial charge is 0.228 e. The zero-order valence-electron chi connectivity index (χ0n) is 12.9. The number of carbonyl (C=O) groups is 2. The number of nitrogens with zero attached hydrogens (tertiary/aromatic N) is 2. The summed E-state index contributed by atoms with van der Waals surface area (Å²) in [6.45, 7) is 1.46. The van der Waals surface area contributed by atoms with E-state index in [-0.39, 0.29) is 24.6 Å². The first-order valence-corrected chi connectivity index (χ1v) is 8.11. The first kappa shape index (κ1) is 15.9. The first-order valence-electron chi connectivity index (χ1n) is 8.11. The van der Waals surface area contributed by atoms with Crippen molar-refractivity contribution in [2.24, 2.45) is 5.92 Å².